The van der Waals surface area contributed by atoms with Crippen LogP contribution < -0.4 is 5.32 Å². The van der Waals surface area contributed by atoms with Crippen LogP contribution in [0.25, 0.3) is 0 Å². The van der Waals surface area contributed by atoms with Crippen molar-refractivity contribution in [2.45, 2.75) is 52.4 Å². The fourth-order valence-electron chi connectivity index (χ4n) is 3.43. The highest BCUT2D eigenvalue weighted by Gasteiger charge is 2.25. The number of rotatable bonds is 6. The summed E-state index contributed by atoms with van der Waals surface area (Å²) in [6, 6.07) is 5.22. The van der Waals surface area contributed by atoms with Crippen molar-refractivity contribution in [2.24, 2.45) is 11.8 Å². The van der Waals surface area contributed by atoms with Crippen molar-refractivity contribution >= 4 is 0 Å². The number of aryl methyl sites for hydroxylation is 1. The number of hydrogen-bond donors (Lipinski definition) is 1. The molecule has 0 bridgehead atoms. The molecule has 0 aromatic heterocycles. The quantitative estimate of drug-likeness (QED) is 0.756. The normalized spacial score (nSPS) is 22.9. The lowest BCUT2D eigenvalue weighted by Gasteiger charge is -2.32. The monoisotopic (exact) mass is 277 g/mol. The molecule has 0 radical (unpaired) electrons. The first-order chi connectivity index (χ1) is 9.70. The Morgan fingerprint density at radius 3 is 2.70 bits per heavy atom. The summed E-state index contributed by atoms with van der Waals surface area (Å²) in [6.07, 6.45) is 7.56. The zero-order valence-electron chi connectivity index (χ0n) is 12.9. The highest BCUT2D eigenvalue weighted by atomic mass is 19.1. The second-order valence-electron chi connectivity index (χ2n) is 6.28. The summed E-state index contributed by atoms with van der Waals surface area (Å²) in [7, 11) is 0. The van der Waals surface area contributed by atoms with Gasteiger partial charge in [-0.2, -0.15) is 0 Å². The Balaban J connectivity index is 1.98. The van der Waals surface area contributed by atoms with Crippen LogP contribution in [0.3, 0.4) is 0 Å². The molecule has 0 heterocycles. The third-order valence-corrected chi connectivity index (χ3v) is 4.69. The maximum absolute atomic E-state index is 13.4. The highest BCUT2D eigenvalue weighted by Crippen LogP contribution is 2.33. The van der Waals surface area contributed by atoms with E-state index in [2.05, 4.69) is 19.2 Å². The molecule has 112 valence electrons. The van der Waals surface area contributed by atoms with Crippen LogP contribution in [0.2, 0.25) is 0 Å². The van der Waals surface area contributed by atoms with E-state index in [-0.39, 0.29) is 5.82 Å². The minimum Gasteiger partial charge on any atom is -0.316 e. The van der Waals surface area contributed by atoms with Gasteiger partial charge in [-0.25, -0.2) is 4.39 Å². The zero-order chi connectivity index (χ0) is 14.4. The summed E-state index contributed by atoms with van der Waals surface area (Å²) in [5.41, 5.74) is 2.44. The summed E-state index contributed by atoms with van der Waals surface area (Å²) >= 11 is 0. The van der Waals surface area contributed by atoms with E-state index in [1.54, 1.807) is 12.1 Å². The minimum atomic E-state index is -0.0953. The van der Waals surface area contributed by atoms with Crippen molar-refractivity contribution < 1.29 is 4.39 Å². The molecule has 2 unspecified atom stereocenters. The third kappa shape index (κ3) is 4.31. The molecule has 0 spiro atoms. The van der Waals surface area contributed by atoms with Crippen LogP contribution in [-0.4, -0.2) is 13.1 Å². The van der Waals surface area contributed by atoms with Crippen LogP contribution in [0.5, 0.6) is 0 Å². The van der Waals surface area contributed by atoms with Gasteiger partial charge < -0.3 is 5.32 Å². The minimum absolute atomic E-state index is 0.0953. The van der Waals surface area contributed by atoms with Crippen LogP contribution in [0.4, 0.5) is 4.39 Å². The van der Waals surface area contributed by atoms with E-state index in [0.29, 0.717) is 5.92 Å². The molecule has 2 rings (SSSR count). The van der Waals surface area contributed by atoms with Gasteiger partial charge in [0, 0.05) is 0 Å². The molecule has 20 heavy (non-hydrogen) atoms. The van der Waals surface area contributed by atoms with Gasteiger partial charge in [-0.15, -0.1) is 0 Å². The molecule has 1 aromatic rings. The van der Waals surface area contributed by atoms with E-state index in [9.17, 15) is 4.39 Å². The molecule has 0 saturated heterocycles. The van der Waals surface area contributed by atoms with Gasteiger partial charge in [0.05, 0.1) is 0 Å². The zero-order valence-corrected chi connectivity index (χ0v) is 12.9. The molecule has 2 heteroatoms. The molecule has 0 amide bonds. The van der Waals surface area contributed by atoms with Gasteiger partial charge in [-0.3, -0.25) is 0 Å². The summed E-state index contributed by atoms with van der Waals surface area (Å²) < 4.78 is 13.4. The van der Waals surface area contributed by atoms with Crippen molar-refractivity contribution in [3.8, 4) is 0 Å². The molecule has 1 N–H and O–H groups in total. The number of hydrogen-bond acceptors (Lipinski definition) is 1. The molecule has 2 atom stereocenters. The first-order valence-electron chi connectivity index (χ1n) is 8.16. The average molecular weight is 277 g/mol. The maximum atomic E-state index is 13.4. The second-order valence-corrected chi connectivity index (χ2v) is 6.28. The molecular formula is C18H28FN. The maximum Gasteiger partial charge on any atom is 0.123 e. The fraction of sp³-hybridized carbons (Fsp3) is 0.667. The van der Waals surface area contributed by atoms with Crippen molar-refractivity contribution in [1.82, 2.24) is 5.32 Å². The number of halogens is 1. The number of benzene rings is 1. The van der Waals surface area contributed by atoms with Crippen LogP contribution >= 0.6 is 0 Å². The molecule has 1 saturated carbocycles. The first kappa shape index (κ1) is 15.5. The molecule has 1 aliphatic carbocycles. The van der Waals surface area contributed by atoms with Crippen LogP contribution in [0.1, 0.15) is 50.2 Å². The van der Waals surface area contributed by atoms with Gasteiger partial charge in [0.2, 0.25) is 0 Å². The van der Waals surface area contributed by atoms with Crippen LogP contribution in [-0.2, 0) is 6.42 Å². The van der Waals surface area contributed by atoms with Crippen LogP contribution in [0, 0.1) is 24.6 Å². The lowest BCUT2D eigenvalue weighted by Crippen LogP contribution is -2.32. The lowest BCUT2D eigenvalue weighted by molar-refractivity contribution is 0.228. The summed E-state index contributed by atoms with van der Waals surface area (Å²) in [5.74, 6) is 1.38. The SMILES string of the molecule is CCCNCC1CCCCC1Cc1cc(F)ccc1C. The standard InChI is InChI=1S/C18H28FN/c1-3-10-20-13-16-7-5-4-6-15(16)11-17-12-18(19)9-8-14(17)2/h8-9,12,15-16,20H,3-7,10-11,13H2,1-2H3. The van der Waals surface area contributed by atoms with Crippen molar-refractivity contribution in [2.75, 3.05) is 13.1 Å². The Bertz CT molecular complexity index is 416. The van der Waals surface area contributed by atoms with Crippen molar-refractivity contribution in [3.05, 3.63) is 35.1 Å². The first-order valence-corrected chi connectivity index (χ1v) is 8.16. The third-order valence-electron chi connectivity index (χ3n) is 4.69. The molecule has 1 fully saturated rings. The largest absolute Gasteiger partial charge is 0.316 e. The molecule has 1 nitrogen and oxygen atoms in total. The van der Waals surface area contributed by atoms with E-state index in [1.165, 1.54) is 43.2 Å². The predicted molar refractivity (Wildman–Crippen MR) is 83.4 cm³/mol. The van der Waals surface area contributed by atoms with Crippen molar-refractivity contribution in [3.63, 3.8) is 0 Å². The topological polar surface area (TPSA) is 12.0 Å². The van der Waals surface area contributed by atoms with Gasteiger partial charge in [-0.1, -0.05) is 25.8 Å². The van der Waals surface area contributed by atoms with E-state index >= 15 is 0 Å². The Morgan fingerprint density at radius 1 is 1.20 bits per heavy atom. The van der Waals surface area contributed by atoms with Gasteiger partial charge >= 0.3 is 0 Å². The smallest absolute Gasteiger partial charge is 0.123 e. The van der Waals surface area contributed by atoms with E-state index in [0.717, 1.165) is 25.4 Å². The summed E-state index contributed by atoms with van der Waals surface area (Å²) in [6.45, 7) is 6.55. The van der Waals surface area contributed by atoms with E-state index in [4.69, 9.17) is 0 Å². The fourth-order valence-corrected chi connectivity index (χ4v) is 3.43. The Hall–Kier alpha value is -0.890. The molecule has 1 aromatic carbocycles. The van der Waals surface area contributed by atoms with Gasteiger partial charge in [0.1, 0.15) is 5.82 Å². The Labute approximate surface area is 123 Å². The summed E-state index contributed by atoms with van der Waals surface area (Å²) in [5, 5.41) is 3.57. The predicted octanol–water partition coefficient (Wildman–Crippen LogP) is 4.48. The molecule has 1 aliphatic rings. The average Bonchev–Trinajstić information content (AvgIpc) is 2.45. The summed E-state index contributed by atoms with van der Waals surface area (Å²) in [4.78, 5) is 0. The van der Waals surface area contributed by atoms with Gasteiger partial charge in [0.25, 0.3) is 0 Å². The van der Waals surface area contributed by atoms with E-state index < -0.39 is 0 Å². The molecule has 0 aliphatic heterocycles. The Morgan fingerprint density at radius 2 is 1.95 bits per heavy atom. The number of nitrogens with one attached hydrogen (secondary N) is 1. The second kappa shape index (κ2) is 7.78. The van der Waals surface area contributed by atoms with Crippen LogP contribution in [0.15, 0.2) is 18.2 Å². The lowest BCUT2D eigenvalue weighted by atomic mass is 9.75. The highest BCUT2D eigenvalue weighted by molar-refractivity contribution is 5.27. The van der Waals surface area contributed by atoms with E-state index in [1.807, 2.05) is 6.07 Å². The Kier molecular flexibility index (Phi) is 6.03. The van der Waals surface area contributed by atoms with Crippen molar-refractivity contribution in [1.29, 1.82) is 0 Å². The van der Waals surface area contributed by atoms with Gasteiger partial charge in [-0.05, 0) is 80.8 Å². The molecular weight excluding hydrogens is 249 g/mol. The van der Waals surface area contributed by atoms with Gasteiger partial charge in [0.15, 0.2) is 0 Å².